The van der Waals surface area contributed by atoms with Crippen LogP contribution in [0.4, 0.5) is 9.52 Å². The Balaban J connectivity index is 1.30. The molecule has 0 saturated carbocycles. The Kier molecular flexibility index (Phi) is 9.11. The first-order chi connectivity index (χ1) is 21.8. The summed E-state index contributed by atoms with van der Waals surface area (Å²) in [5, 5.41) is 20.1. The third-order valence-electron chi connectivity index (χ3n) is 7.14. The SMILES string of the molecule is Cc1cccc(COc2ccc(/C(O)=C3\C(=O)C(=O)N(c4nnc(SCc5ccccc5F)s4)C3c3cccc(Br)c3)cc2)c1. The predicted octanol–water partition coefficient (Wildman–Crippen LogP) is 8.25. The Morgan fingerprint density at radius 1 is 1.00 bits per heavy atom. The molecule has 0 spiro atoms. The minimum absolute atomic E-state index is 0.0673. The van der Waals surface area contributed by atoms with Gasteiger partial charge in [-0.15, -0.1) is 10.2 Å². The lowest BCUT2D eigenvalue weighted by Gasteiger charge is -2.22. The molecule has 5 aromatic rings. The van der Waals surface area contributed by atoms with Crippen LogP contribution in [0.25, 0.3) is 5.76 Å². The second kappa shape index (κ2) is 13.4. The lowest BCUT2D eigenvalue weighted by atomic mass is 9.95. The number of hydrogen-bond donors (Lipinski definition) is 1. The van der Waals surface area contributed by atoms with E-state index < -0.39 is 17.7 Å². The third kappa shape index (κ3) is 6.70. The molecule has 1 amide bonds. The molecule has 7 nitrogen and oxygen atoms in total. The third-order valence-corrected chi connectivity index (χ3v) is 9.73. The lowest BCUT2D eigenvalue weighted by Crippen LogP contribution is -2.29. The fraction of sp³-hybridized carbons (Fsp3) is 0.118. The van der Waals surface area contributed by atoms with Crippen molar-refractivity contribution in [1.29, 1.82) is 0 Å². The number of ether oxygens (including phenoxy) is 1. The molecule has 0 bridgehead atoms. The highest BCUT2D eigenvalue weighted by Gasteiger charge is 2.48. The number of rotatable bonds is 9. The number of aliphatic hydroxyl groups excluding tert-OH is 1. The van der Waals surface area contributed by atoms with Gasteiger partial charge in [-0.2, -0.15) is 0 Å². The summed E-state index contributed by atoms with van der Waals surface area (Å²) < 4.78 is 21.3. The van der Waals surface area contributed by atoms with Crippen molar-refractivity contribution < 1.29 is 23.8 Å². The van der Waals surface area contributed by atoms with Crippen LogP contribution in [-0.4, -0.2) is 27.0 Å². The van der Waals surface area contributed by atoms with Crippen molar-refractivity contribution in [3.05, 3.63) is 141 Å². The van der Waals surface area contributed by atoms with Gasteiger partial charge in [0.2, 0.25) is 5.13 Å². The highest BCUT2D eigenvalue weighted by atomic mass is 79.9. The number of amides is 1. The fourth-order valence-electron chi connectivity index (χ4n) is 4.97. The van der Waals surface area contributed by atoms with E-state index in [0.29, 0.717) is 39.1 Å². The van der Waals surface area contributed by atoms with Crippen molar-refractivity contribution in [2.24, 2.45) is 0 Å². The van der Waals surface area contributed by atoms with Gasteiger partial charge < -0.3 is 9.84 Å². The molecule has 4 aromatic carbocycles. The van der Waals surface area contributed by atoms with E-state index >= 15 is 0 Å². The minimum atomic E-state index is -0.961. The van der Waals surface area contributed by atoms with Gasteiger partial charge in [-0.3, -0.25) is 14.5 Å². The maximum atomic E-state index is 14.1. The van der Waals surface area contributed by atoms with E-state index in [0.717, 1.165) is 26.9 Å². The quantitative estimate of drug-likeness (QED) is 0.0544. The first-order valence-corrected chi connectivity index (χ1v) is 16.4. The molecule has 6 rings (SSSR count). The molecule has 1 saturated heterocycles. The van der Waals surface area contributed by atoms with Crippen molar-refractivity contribution in [2.45, 2.75) is 29.7 Å². The normalized spacial score (nSPS) is 15.9. The van der Waals surface area contributed by atoms with Gasteiger partial charge in [-0.25, -0.2) is 4.39 Å². The van der Waals surface area contributed by atoms with Gasteiger partial charge >= 0.3 is 5.91 Å². The molecule has 2 heterocycles. The predicted molar refractivity (Wildman–Crippen MR) is 177 cm³/mol. The Morgan fingerprint density at radius 3 is 2.53 bits per heavy atom. The van der Waals surface area contributed by atoms with Crippen LogP contribution < -0.4 is 9.64 Å². The van der Waals surface area contributed by atoms with Gasteiger partial charge in [-0.05, 0) is 66.1 Å². The molecule has 1 fully saturated rings. The highest BCUT2D eigenvalue weighted by Crippen LogP contribution is 2.44. The zero-order valence-electron chi connectivity index (χ0n) is 23.8. The van der Waals surface area contributed by atoms with Crippen molar-refractivity contribution >= 4 is 61.6 Å². The summed E-state index contributed by atoms with van der Waals surface area (Å²) in [5.41, 5.74) is 3.57. The molecule has 45 heavy (non-hydrogen) atoms. The summed E-state index contributed by atoms with van der Waals surface area (Å²) >= 11 is 5.87. The number of ketones is 1. The van der Waals surface area contributed by atoms with Crippen molar-refractivity contribution in [1.82, 2.24) is 10.2 Å². The Morgan fingerprint density at radius 2 is 1.78 bits per heavy atom. The van der Waals surface area contributed by atoms with Gasteiger partial charge in [0.05, 0.1) is 11.6 Å². The molecular formula is C34H25BrFN3O4S2. The Labute approximate surface area is 275 Å². The van der Waals surface area contributed by atoms with Crippen LogP contribution >= 0.6 is 39.0 Å². The number of benzene rings is 4. The molecule has 1 aliphatic rings. The standard InChI is InChI=1S/C34H25BrFN3O4S2/c1-20-6-4-7-21(16-20)18-43-26-14-12-22(13-15-26)30(40)28-29(23-9-5-10-25(35)17-23)39(32(42)31(28)41)33-37-38-34(45-33)44-19-24-8-2-3-11-27(24)36/h2-17,29,40H,18-19H2,1H3/b30-28+. The number of aromatic nitrogens is 2. The summed E-state index contributed by atoms with van der Waals surface area (Å²) in [7, 11) is 0. The van der Waals surface area contributed by atoms with Crippen LogP contribution in [-0.2, 0) is 21.9 Å². The molecule has 1 atom stereocenters. The van der Waals surface area contributed by atoms with E-state index in [4.69, 9.17) is 4.74 Å². The van der Waals surface area contributed by atoms with E-state index in [2.05, 4.69) is 26.1 Å². The Hall–Kier alpha value is -4.32. The molecule has 226 valence electrons. The number of thioether (sulfide) groups is 1. The van der Waals surface area contributed by atoms with E-state index in [1.807, 2.05) is 37.3 Å². The number of aliphatic hydroxyl groups is 1. The summed E-state index contributed by atoms with van der Waals surface area (Å²) in [6, 6.07) is 27.4. The lowest BCUT2D eigenvalue weighted by molar-refractivity contribution is -0.132. The van der Waals surface area contributed by atoms with Gasteiger partial charge in [0.25, 0.3) is 5.78 Å². The second-order valence-electron chi connectivity index (χ2n) is 10.3. The van der Waals surface area contributed by atoms with Gasteiger partial charge in [0.15, 0.2) is 4.34 Å². The highest BCUT2D eigenvalue weighted by molar-refractivity contribution is 9.10. The number of carbonyl (C=O) groups excluding carboxylic acids is 2. The average molecular weight is 703 g/mol. The monoisotopic (exact) mass is 701 g/mol. The van der Waals surface area contributed by atoms with Crippen LogP contribution in [0.5, 0.6) is 5.75 Å². The van der Waals surface area contributed by atoms with Gasteiger partial charge in [-0.1, -0.05) is 99.2 Å². The van der Waals surface area contributed by atoms with E-state index in [1.165, 1.54) is 22.7 Å². The fourth-order valence-corrected chi connectivity index (χ4v) is 7.24. The number of Topliss-reactive ketones (excluding diaryl/α,β-unsaturated/α-hetero) is 1. The molecule has 0 aliphatic carbocycles. The summed E-state index contributed by atoms with van der Waals surface area (Å²) in [5.74, 6) is -1.40. The molecule has 11 heteroatoms. The molecular weight excluding hydrogens is 677 g/mol. The smallest absolute Gasteiger partial charge is 0.301 e. The molecule has 0 radical (unpaired) electrons. The van der Waals surface area contributed by atoms with E-state index in [1.54, 1.807) is 60.7 Å². The van der Waals surface area contributed by atoms with Crippen LogP contribution in [0.1, 0.15) is 33.9 Å². The molecule has 1 unspecified atom stereocenters. The summed E-state index contributed by atoms with van der Waals surface area (Å²) in [6.45, 7) is 2.40. The van der Waals surface area contributed by atoms with Crippen LogP contribution in [0, 0.1) is 12.7 Å². The summed E-state index contributed by atoms with van der Waals surface area (Å²) in [4.78, 5) is 28.3. The van der Waals surface area contributed by atoms with Gasteiger partial charge in [0.1, 0.15) is 23.9 Å². The second-order valence-corrected chi connectivity index (χ2v) is 13.4. The van der Waals surface area contributed by atoms with Crippen LogP contribution in [0.3, 0.4) is 0 Å². The molecule has 1 aromatic heterocycles. The molecule has 1 aliphatic heterocycles. The number of anilines is 1. The van der Waals surface area contributed by atoms with E-state index in [9.17, 15) is 19.1 Å². The minimum Gasteiger partial charge on any atom is -0.507 e. The first kappa shape index (κ1) is 30.7. The van der Waals surface area contributed by atoms with Crippen molar-refractivity contribution in [3.63, 3.8) is 0 Å². The summed E-state index contributed by atoms with van der Waals surface area (Å²) in [6.07, 6.45) is 0. The molecule has 1 N–H and O–H groups in total. The average Bonchev–Trinajstić information content (AvgIpc) is 3.61. The Bertz CT molecular complexity index is 1930. The number of halogens is 2. The largest absolute Gasteiger partial charge is 0.507 e. The van der Waals surface area contributed by atoms with Crippen LogP contribution in [0.2, 0.25) is 0 Å². The number of hydrogen-bond acceptors (Lipinski definition) is 8. The van der Waals surface area contributed by atoms with E-state index in [-0.39, 0.29) is 22.3 Å². The zero-order valence-corrected chi connectivity index (χ0v) is 27.0. The maximum absolute atomic E-state index is 14.1. The van der Waals surface area contributed by atoms with Crippen molar-refractivity contribution in [2.75, 3.05) is 4.90 Å². The van der Waals surface area contributed by atoms with Gasteiger partial charge in [0, 0.05) is 15.8 Å². The zero-order chi connectivity index (χ0) is 31.5. The van der Waals surface area contributed by atoms with Crippen molar-refractivity contribution in [3.8, 4) is 5.75 Å². The maximum Gasteiger partial charge on any atom is 0.301 e. The topological polar surface area (TPSA) is 92.6 Å². The van der Waals surface area contributed by atoms with Crippen LogP contribution in [0.15, 0.2) is 111 Å². The number of aryl methyl sites for hydroxylation is 1. The number of nitrogens with zero attached hydrogens (tertiary/aromatic N) is 3. The first-order valence-electron chi connectivity index (χ1n) is 13.8. The number of carbonyl (C=O) groups is 2.